The van der Waals surface area contributed by atoms with E-state index in [0.29, 0.717) is 6.04 Å². The lowest BCUT2D eigenvalue weighted by Crippen LogP contribution is -2.49. The number of hydrogen-bond donors (Lipinski definition) is 2. The maximum Gasteiger partial charge on any atom is 0.0241 e. The van der Waals surface area contributed by atoms with E-state index in [1.807, 2.05) is 0 Å². The summed E-state index contributed by atoms with van der Waals surface area (Å²) >= 11 is 0. The molecule has 0 heterocycles. The first-order valence-corrected chi connectivity index (χ1v) is 4.38. The van der Waals surface area contributed by atoms with Crippen molar-refractivity contribution < 1.29 is 0 Å². The number of nitrogens with two attached hydrogens (primary N) is 1. The Bertz CT molecular complexity index is 122. The molecule has 2 saturated carbocycles. The second-order valence-corrected chi connectivity index (χ2v) is 3.71. The Balaban J connectivity index is 1.94. The van der Waals surface area contributed by atoms with Gasteiger partial charge in [-0.25, -0.2) is 0 Å². The molecule has 0 aromatic rings. The van der Waals surface area contributed by atoms with Crippen molar-refractivity contribution in [1.29, 1.82) is 0 Å². The first kappa shape index (κ1) is 6.62. The van der Waals surface area contributed by atoms with Gasteiger partial charge >= 0.3 is 0 Å². The van der Waals surface area contributed by atoms with Crippen molar-refractivity contribution in [2.75, 3.05) is 0 Å². The molecule has 3 N–H and O–H groups in total. The van der Waals surface area contributed by atoms with Crippen LogP contribution in [-0.2, 0) is 0 Å². The van der Waals surface area contributed by atoms with Crippen LogP contribution in [0.4, 0.5) is 0 Å². The molecule has 2 nitrogen and oxygen atoms in total. The van der Waals surface area contributed by atoms with E-state index in [1.165, 1.54) is 32.1 Å². The minimum absolute atomic E-state index is 0.646. The van der Waals surface area contributed by atoms with Gasteiger partial charge in [-0.2, -0.15) is 0 Å². The van der Waals surface area contributed by atoms with E-state index < -0.39 is 0 Å². The lowest BCUT2D eigenvalue weighted by molar-refractivity contribution is 0.0753. The zero-order valence-electron chi connectivity index (χ0n) is 6.34. The molecular weight excluding hydrogens is 124 g/mol. The van der Waals surface area contributed by atoms with Crippen molar-refractivity contribution in [3.8, 4) is 0 Å². The van der Waals surface area contributed by atoms with Gasteiger partial charge in [0.2, 0.25) is 0 Å². The minimum atomic E-state index is 0.646. The van der Waals surface area contributed by atoms with Gasteiger partial charge in [0.1, 0.15) is 0 Å². The normalized spacial score (nSPS) is 45.9. The van der Waals surface area contributed by atoms with Crippen LogP contribution in [0.2, 0.25) is 0 Å². The number of nitrogens with one attached hydrogen (secondary N) is 1. The SMILES string of the molecule is NNC1CCCC2CCC21. The van der Waals surface area contributed by atoms with E-state index >= 15 is 0 Å². The smallest absolute Gasteiger partial charge is 0.0241 e. The predicted octanol–water partition coefficient (Wildman–Crippen LogP) is 1.03. The van der Waals surface area contributed by atoms with Crippen molar-refractivity contribution in [2.24, 2.45) is 17.7 Å². The molecule has 0 aromatic carbocycles. The molecule has 10 heavy (non-hydrogen) atoms. The first-order valence-electron chi connectivity index (χ1n) is 4.38. The quantitative estimate of drug-likeness (QED) is 0.421. The zero-order chi connectivity index (χ0) is 6.97. The molecule has 0 aromatic heterocycles. The third-order valence-electron chi connectivity index (χ3n) is 3.30. The highest BCUT2D eigenvalue weighted by Crippen LogP contribution is 2.44. The molecule has 0 spiro atoms. The van der Waals surface area contributed by atoms with Crippen molar-refractivity contribution in [2.45, 2.75) is 38.1 Å². The number of rotatable bonds is 1. The third-order valence-corrected chi connectivity index (χ3v) is 3.30. The van der Waals surface area contributed by atoms with E-state index in [1.54, 1.807) is 0 Å². The topological polar surface area (TPSA) is 38.0 Å². The summed E-state index contributed by atoms with van der Waals surface area (Å²) < 4.78 is 0. The van der Waals surface area contributed by atoms with E-state index in [0.717, 1.165) is 11.8 Å². The summed E-state index contributed by atoms with van der Waals surface area (Å²) in [6.45, 7) is 0. The van der Waals surface area contributed by atoms with Gasteiger partial charge in [-0.05, 0) is 31.1 Å². The fraction of sp³-hybridized carbons (Fsp3) is 1.00. The van der Waals surface area contributed by atoms with Gasteiger partial charge in [-0.3, -0.25) is 11.3 Å². The molecule has 2 heteroatoms. The van der Waals surface area contributed by atoms with Crippen molar-refractivity contribution in [3.63, 3.8) is 0 Å². The van der Waals surface area contributed by atoms with E-state index in [4.69, 9.17) is 5.84 Å². The Morgan fingerprint density at radius 2 is 2.00 bits per heavy atom. The maximum absolute atomic E-state index is 5.44. The molecule has 3 unspecified atom stereocenters. The van der Waals surface area contributed by atoms with E-state index in [-0.39, 0.29) is 0 Å². The largest absolute Gasteiger partial charge is 0.271 e. The molecular formula is C8H16N2. The summed E-state index contributed by atoms with van der Waals surface area (Å²) in [5, 5.41) is 0. The van der Waals surface area contributed by atoms with Crippen LogP contribution in [0.3, 0.4) is 0 Å². The van der Waals surface area contributed by atoms with Crippen molar-refractivity contribution in [1.82, 2.24) is 5.43 Å². The molecule has 58 valence electrons. The highest BCUT2D eigenvalue weighted by atomic mass is 15.2. The summed E-state index contributed by atoms with van der Waals surface area (Å²) in [6.07, 6.45) is 7.03. The molecule has 0 bridgehead atoms. The Morgan fingerprint density at radius 1 is 1.10 bits per heavy atom. The van der Waals surface area contributed by atoms with Gasteiger partial charge in [-0.15, -0.1) is 0 Å². The Hall–Kier alpha value is -0.0800. The minimum Gasteiger partial charge on any atom is -0.271 e. The van der Waals surface area contributed by atoms with Gasteiger partial charge in [-0.1, -0.05) is 12.8 Å². The fourth-order valence-electron chi connectivity index (χ4n) is 2.50. The number of hydrazine groups is 1. The molecule has 0 saturated heterocycles. The molecule has 2 aliphatic rings. The van der Waals surface area contributed by atoms with Crippen molar-refractivity contribution >= 4 is 0 Å². The van der Waals surface area contributed by atoms with Crippen LogP contribution in [0.5, 0.6) is 0 Å². The second kappa shape index (κ2) is 2.51. The Labute approximate surface area is 62.1 Å². The molecule has 0 amide bonds. The van der Waals surface area contributed by atoms with Crippen LogP contribution in [0.25, 0.3) is 0 Å². The van der Waals surface area contributed by atoms with Crippen molar-refractivity contribution in [3.05, 3.63) is 0 Å². The molecule has 0 radical (unpaired) electrons. The average Bonchev–Trinajstić information content (AvgIpc) is 1.91. The maximum atomic E-state index is 5.44. The Morgan fingerprint density at radius 3 is 2.50 bits per heavy atom. The van der Waals surface area contributed by atoms with Gasteiger partial charge in [0, 0.05) is 6.04 Å². The summed E-state index contributed by atoms with van der Waals surface area (Å²) in [6, 6.07) is 0.646. The van der Waals surface area contributed by atoms with Crippen LogP contribution in [0.15, 0.2) is 0 Å². The molecule has 2 rings (SSSR count). The van der Waals surface area contributed by atoms with Gasteiger partial charge in [0.25, 0.3) is 0 Å². The first-order chi connectivity index (χ1) is 4.92. The number of hydrogen-bond acceptors (Lipinski definition) is 2. The molecule has 2 fully saturated rings. The monoisotopic (exact) mass is 140 g/mol. The van der Waals surface area contributed by atoms with Crippen LogP contribution in [0, 0.1) is 11.8 Å². The molecule has 3 atom stereocenters. The fourth-order valence-corrected chi connectivity index (χ4v) is 2.50. The van der Waals surface area contributed by atoms with E-state index in [9.17, 15) is 0 Å². The Kier molecular flexibility index (Phi) is 1.66. The van der Waals surface area contributed by atoms with Crippen LogP contribution >= 0.6 is 0 Å². The lowest BCUT2D eigenvalue weighted by atomic mass is 9.63. The summed E-state index contributed by atoms with van der Waals surface area (Å²) in [5.41, 5.74) is 2.94. The zero-order valence-corrected chi connectivity index (χ0v) is 6.34. The summed E-state index contributed by atoms with van der Waals surface area (Å²) in [7, 11) is 0. The van der Waals surface area contributed by atoms with Crippen LogP contribution in [-0.4, -0.2) is 6.04 Å². The average molecular weight is 140 g/mol. The standard InChI is InChI=1S/C8H16N2/c9-10-8-3-1-2-6-4-5-7(6)8/h6-8,10H,1-5,9H2. The van der Waals surface area contributed by atoms with Crippen LogP contribution in [0.1, 0.15) is 32.1 Å². The predicted molar refractivity (Wildman–Crippen MR) is 41.2 cm³/mol. The number of fused-ring (bicyclic) bond motifs is 1. The summed E-state index contributed by atoms with van der Waals surface area (Å²) in [5.74, 6) is 7.39. The second-order valence-electron chi connectivity index (χ2n) is 3.71. The van der Waals surface area contributed by atoms with Crippen LogP contribution < -0.4 is 11.3 Å². The van der Waals surface area contributed by atoms with Gasteiger partial charge < -0.3 is 0 Å². The highest BCUT2D eigenvalue weighted by Gasteiger charge is 2.38. The highest BCUT2D eigenvalue weighted by molar-refractivity contribution is 4.92. The summed E-state index contributed by atoms with van der Waals surface area (Å²) in [4.78, 5) is 0. The molecule has 0 aliphatic heterocycles. The van der Waals surface area contributed by atoms with E-state index in [2.05, 4.69) is 5.43 Å². The van der Waals surface area contributed by atoms with Gasteiger partial charge in [0.05, 0.1) is 0 Å². The lowest BCUT2D eigenvalue weighted by Gasteiger charge is -2.45. The third kappa shape index (κ3) is 0.867. The van der Waals surface area contributed by atoms with Gasteiger partial charge in [0.15, 0.2) is 0 Å². The molecule has 2 aliphatic carbocycles.